The van der Waals surface area contributed by atoms with Gasteiger partial charge in [0.05, 0.1) is 0 Å². The molecule has 0 unspecified atom stereocenters. The van der Waals surface area contributed by atoms with Crippen molar-refractivity contribution in [3.63, 3.8) is 0 Å². The molecule has 2 aromatic rings. The van der Waals surface area contributed by atoms with E-state index in [9.17, 15) is 9.59 Å². The molecule has 2 rings (SSSR count). The van der Waals surface area contributed by atoms with Crippen LogP contribution in [-0.4, -0.2) is 52.6 Å². The Labute approximate surface area is 168 Å². The number of halogens is 2. The number of aromatic carboxylic acids is 1. The fourth-order valence-electron chi connectivity index (χ4n) is 1.50. The van der Waals surface area contributed by atoms with Gasteiger partial charge in [-0.2, -0.15) is 5.26 Å². The minimum absolute atomic E-state index is 0.00181. The molecule has 10 nitrogen and oxygen atoms in total. The minimum atomic E-state index is -1.13. The molecular weight excluding hydrogens is 417 g/mol. The Kier molecular flexibility index (Phi) is 9.45. The highest BCUT2D eigenvalue weighted by Crippen LogP contribution is 2.22. The first-order valence-corrected chi connectivity index (χ1v) is 7.96. The molecule has 2 heterocycles. The summed E-state index contributed by atoms with van der Waals surface area (Å²) in [4.78, 5) is 27.9. The van der Waals surface area contributed by atoms with Crippen molar-refractivity contribution in [2.75, 3.05) is 20.5 Å². The number of rotatable bonds is 7. The third kappa shape index (κ3) is 7.63. The second-order valence-corrected chi connectivity index (χ2v) is 5.34. The molecular formula is C16H13Cl2N3O7. The zero-order valence-corrected chi connectivity index (χ0v) is 15.8. The van der Waals surface area contributed by atoms with Crippen LogP contribution in [0.3, 0.4) is 0 Å². The lowest BCUT2D eigenvalue weighted by molar-refractivity contribution is -0.139. The molecule has 0 fully saturated rings. The van der Waals surface area contributed by atoms with Crippen molar-refractivity contribution in [2.45, 2.75) is 0 Å². The van der Waals surface area contributed by atoms with E-state index < -0.39 is 18.5 Å². The van der Waals surface area contributed by atoms with E-state index in [2.05, 4.69) is 14.7 Å². The number of methoxy groups -OCH3 is 1. The van der Waals surface area contributed by atoms with Crippen molar-refractivity contribution in [2.24, 2.45) is 0 Å². The Morgan fingerprint density at radius 2 is 1.68 bits per heavy atom. The highest BCUT2D eigenvalue weighted by molar-refractivity contribution is 6.31. The van der Waals surface area contributed by atoms with Crippen LogP contribution in [0.2, 0.25) is 10.3 Å². The number of nitrogens with zero attached hydrogens (tertiary/aromatic N) is 3. The van der Waals surface area contributed by atoms with Crippen LogP contribution in [0.15, 0.2) is 24.3 Å². The normalized spacial score (nSPS) is 9.50. The number of nitriles is 1. The number of ether oxygens (including phenoxy) is 3. The predicted octanol–water partition coefficient (Wildman–Crippen LogP) is 2.49. The number of hydrogen-bond donors (Lipinski definition) is 2. The highest BCUT2D eigenvalue weighted by Gasteiger charge is 2.09. The fourth-order valence-corrected chi connectivity index (χ4v) is 1.92. The third-order valence-corrected chi connectivity index (χ3v) is 3.19. The molecule has 0 radical (unpaired) electrons. The monoisotopic (exact) mass is 429 g/mol. The van der Waals surface area contributed by atoms with Crippen molar-refractivity contribution in [3.8, 4) is 17.6 Å². The van der Waals surface area contributed by atoms with Crippen LogP contribution in [0.4, 0.5) is 0 Å². The summed E-state index contributed by atoms with van der Waals surface area (Å²) in [6.07, 6.45) is 0. The van der Waals surface area contributed by atoms with Crippen molar-refractivity contribution in [1.29, 1.82) is 5.26 Å². The van der Waals surface area contributed by atoms with Crippen molar-refractivity contribution in [1.82, 2.24) is 9.97 Å². The van der Waals surface area contributed by atoms with Crippen LogP contribution < -0.4 is 9.47 Å². The number of carboxylic acid groups (broad SMARTS) is 2. The smallest absolute Gasteiger partial charge is 0.354 e. The van der Waals surface area contributed by atoms with Crippen LogP contribution in [0.1, 0.15) is 16.2 Å². The topological polar surface area (TPSA) is 152 Å². The van der Waals surface area contributed by atoms with Gasteiger partial charge in [0.2, 0.25) is 0 Å². The van der Waals surface area contributed by atoms with Crippen LogP contribution in [0, 0.1) is 11.3 Å². The Morgan fingerprint density at radius 3 is 2.18 bits per heavy atom. The highest BCUT2D eigenvalue weighted by atomic mass is 35.5. The molecule has 0 aliphatic carbocycles. The summed E-state index contributed by atoms with van der Waals surface area (Å²) in [5, 5.41) is 25.4. The maximum atomic E-state index is 10.5. The van der Waals surface area contributed by atoms with Gasteiger partial charge in [-0.1, -0.05) is 23.2 Å². The van der Waals surface area contributed by atoms with Gasteiger partial charge in [0, 0.05) is 7.11 Å². The zero-order chi connectivity index (χ0) is 21.1. The van der Waals surface area contributed by atoms with E-state index in [0.29, 0.717) is 5.75 Å². The number of pyridine rings is 2. The van der Waals surface area contributed by atoms with Gasteiger partial charge in [0.15, 0.2) is 35.2 Å². The Bertz CT molecular complexity index is 887. The second-order valence-electron chi connectivity index (χ2n) is 4.62. The maximum absolute atomic E-state index is 10.5. The molecule has 0 saturated carbocycles. The van der Waals surface area contributed by atoms with E-state index in [1.165, 1.54) is 31.4 Å². The van der Waals surface area contributed by atoms with E-state index >= 15 is 0 Å². The largest absolute Gasteiger partial charge is 0.479 e. The molecule has 0 aliphatic rings. The SMILES string of the molecule is COCOc1ccc(C(=O)O)nc1Cl.N#Cc1ccc(OCC(=O)O)c(Cl)n1. The lowest BCUT2D eigenvalue weighted by Crippen LogP contribution is -2.09. The molecule has 0 saturated heterocycles. The van der Waals surface area contributed by atoms with E-state index in [1.54, 1.807) is 6.07 Å². The Hall–Kier alpha value is -3.13. The van der Waals surface area contributed by atoms with Crippen molar-refractivity contribution >= 4 is 35.1 Å². The van der Waals surface area contributed by atoms with Gasteiger partial charge in [0.1, 0.15) is 17.5 Å². The lowest BCUT2D eigenvalue weighted by atomic mass is 10.3. The number of aliphatic carboxylic acids is 1. The molecule has 0 bridgehead atoms. The Balaban J connectivity index is 0.000000280. The zero-order valence-electron chi connectivity index (χ0n) is 14.3. The summed E-state index contributed by atoms with van der Waals surface area (Å²) in [6, 6.07) is 7.32. The molecule has 0 aromatic carbocycles. The first-order chi connectivity index (χ1) is 13.3. The van der Waals surface area contributed by atoms with Crippen LogP contribution in [0.5, 0.6) is 11.5 Å². The minimum Gasteiger partial charge on any atom is -0.479 e. The number of carboxylic acids is 2. The van der Waals surface area contributed by atoms with E-state index in [0.717, 1.165) is 0 Å². The summed E-state index contributed by atoms with van der Waals surface area (Å²) in [6.45, 7) is -0.457. The summed E-state index contributed by atoms with van der Waals surface area (Å²) in [5.41, 5.74) is 0.0254. The van der Waals surface area contributed by atoms with Gasteiger partial charge in [0.25, 0.3) is 0 Å². The molecule has 2 aromatic heterocycles. The van der Waals surface area contributed by atoms with Gasteiger partial charge >= 0.3 is 11.9 Å². The summed E-state index contributed by atoms with van der Waals surface area (Å²) >= 11 is 11.3. The number of hydrogen-bond acceptors (Lipinski definition) is 8. The average Bonchev–Trinajstić information content (AvgIpc) is 2.66. The number of carbonyl (C=O) groups is 2. The molecule has 148 valence electrons. The quantitative estimate of drug-likeness (QED) is 0.495. The van der Waals surface area contributed by atoms with Gasteiger partial charge in [-0.25, -0.2) is 19.6 Å². The summed E-state index contributed by atoms with van der Waals surface area (Å²) in [7, 11) is 1.47. The first-order valence-electron chi connectivity index (χ1n) is 7.21. The average molecular weight is 430 g/mol. The molecule has 0 amide bonds. The molecule has 0 aliphatic heterocycles. The van der Waals surface area contributed by atoms with Crippen LogP contribution in [-0.2, 0) is 9.53 Å². The molecule has 28 heavy (non-hydrogen) atoms. The second kappa shape index (κ2) is 11.6. The third-order valence-electron chi connectivity index (χ3n) is 2.65. The van der Waals surface area contributed by atoms with E-state index in [-0.39, 0.29) is 34.2 Å². The molecule has 2 N–H and O–H groups in total. The first kappa shape index (κ1) is 22.9. The number of aromatic nitrogens is 2. The molecule has 0 spiro atoms. The van der Waals surface area contributed by atoms with Gasteiger partial charge < -0.3 is 24.4 Å². The summed E-state index contributed by atoms with van der Waals surface area (Å²) in [5.74, 6) is -1.80. The van der Waals surface area contributed by atoms with Crippen molar-refractivity contribution < 1.29 is 34.0 Å². The van der Waals surface area contributed by atoms with Crippen molar-refractivity contribution in [3.05, 3.63) is 46.0 Å². The molecule has 12 heteroatoms. The van der Waals surface area contributed by atoms with E-state index in [1.807, 2.05) is 0 Å². The predicted molar refractivity (Wildman–Crippen MR) is 95.8 cm³/mol. The standard InChI is InChI=1S/C8H5ClN2O3.C8H8ClNO4/c9-8-6(14-4-7(12)13)2-1-5(3-10)11-8;1-13-4-14-6-3-2-5(8(11)12)10-7(6)9/h1-2H,4H2,(H,12,13);2-3H,4H2,1H3,(H,11,12). The van der Waals surface area contributed by atoms with Gasteiger partial charge in [-0.05, 0) is 24.3 Å². The molecule has 0 atom stereocenters. The van der Waals surface area contributed by atoms with E-state index in [4.69, 9.17) is 48.2 Å². The summed E-state index contributed by atoms with van der Waals surface area (Å²) < 4.78 is 14.5. The maximum Gasteiger partial charge on any atom is 0.354 e. The van der Waals surface area contributed by atoms with Gasteiger partial charge in [-0.3, -0.25) is 0 Å². The fraction of sp³-hybridized carbons (Fsp3) is 0.188. The van der Waals surface area contributed by atoms with Crippen LogP contribution in [0.25, 0.3) is 0 Å². The Morgan fingerprint density at radius 1 is 1.07 bits per heavy atom. The lowest BCUT2D eigenvalue weighted by Gasteiger charge is -2.05. The van der Waals surface area contributed by atoms with Crippen LogP contribution >= 0.6 is 23.2 Å². The van der Waals surface area contributed by atoms with Gasteiger partial charge in [-0.15, -0.1) is 0 Å².